The van der Waals surface area contributed by atoms with Gasteiger partial charge in [-0.2, -0.15) is 0 Å². The Kier molecular flexibility index (Phi) is 7.18. The maximum Gasteiger partial charge on any atom is 0.191 e. The van der Waals surface area contributed by atoms with Crippen molar-refractivity contribution in [1.29, 1.82) is 0 Å². The molecule has 1 saturated carbocycles. The lowest BCUT2D eigenvalue weighted by Gasteiger charge is -2.29. The molecule has 0 radical (unpaired) electrons. The minimum absolute atomic E-state index is 0.642. The van der Waals surface area contributed by atoms with Gasteiger partial charge >= 0.3 is 0 Å². The first kappa shape index (κ1) is 19.0. The minimum Gasteiger partial charge on any atom is -0.493 e. The monoisotopic (exact) mass is 358 g/mol. The van der Waals surface area contributed by atoms with Gasteiger partial charge < -0.3 is 20.3 Å². The summed E-state index contributed by atoms with van der Waals surface area (Å²) in [5, 5.41) is 6.90. The molecule has 2 N–H and O–H groups in total. The molecule has 26 heavy (non-hydrogen) atoms. The maximum absolute atomic E-state index is 6.00. The molecule has 5 nitrogen and oxygen atoms in total. The van der Waals surface area contributed by atoms with Crippen molar-refractivity contribution < 1.29 is 4.74 Å². The Labute approximate surface area is 158 Å². The van der Waals surface area contributed by atoms with E-state index in [1.54, 1.807) is 0 Å². The molecule has 0 unspecified atom stereocenters. The zero-order valence-electron chi connectivity index (χ0n) is 16.3. The molecule has 1 aromatic carbocycles. The second-order valence-corrected chi connectivity index (χ2v) is 7.68. The second kappa shape index (κ2) is 9.81. The zero-order chi connectivity index (χ0) is 18.2. The number of guanidine groups is 1. The average Bonchev–Trinajstić information content (AvgIpc) is 3.49. The number of aliphatic imine (C=N–C) groups is 1. The van der Waals surface area contributed by atoms with Crippen LogP contribution in [0.4, 0.5) is 0 Å². The molecular weight excluding hydrogens is 324 g/mol. The van der Waals surface area contributed by atoms with Gasteiger partial charge in [-0.25, -0.2) is 4.99 Å². The van der Waals surface area contributed by atoms with Crippen molar-refractivity contribution in [2.24, 2.45) is 16.8 Å². The number of rotatable bonds is 8. The molecule has 0 spiro atoms. The molecule has 5 heteroatoms. The van der Waals surface area contributed by atoms with Crippen molar-refractivity contribution in [3.63, 3.8) is 0 Å². The number of nitrogens with one attached hydrogen (secondary N) is 2. The van der Waals surface area contributed by atoms with Crippen LogP contribution in [0.1, 0.15) is 38.2 Å². The normalized spacial score (nSPS) is 19.4. The third kappa shape index (κ3) is 6.20. The van der Waals surface area contributed by atoms with Crippen molar-refractivity contribution in [2.75, 3.05) is 39.8 Å². The summed E-state index contributed by atoms with van der Waals surface area (Å²) in [4.78, 5) is 7.20. The summed E-state index contributed by atoms with van der Waals surface area (Å²) in [6.07, 6.45) is 5.15. The Morgan fingerprint density at radius 3 is 2.62 bits per heavy atom. The Balaban J connectivity index is 1.53. The van der Waals surface area contributed by atoms with E-state index >= 15 is 0 Å². The van der Waals surface area contributed by atoms with Crippen LogP contribution >= 0.6 is 0 Å². The van der Waals surface area contributed by atoms with Crippen LogP contribution in [0.2, 0.25) is 0 Å². The number of ether oxygens (including phenoxy) is 1. The summed E-state index contributed by atoms with van der Waals surface area (Å²) in [6.45, 7) is 7.87. The lowest BCUT2D eigenvalue weighted by atomic mass is 9.97. The quantitative estimate of drug-likeness (QED) is 0.554. The highest BCUT2D eigenvalue weighted by Crippen LogP contribution is 2.30. The fraction of sp³-hybridized carbons (Fsp3) is 0.667. The van der Waals surface area contributed by atoms with Crippen LogP contribution in [-0.4, -0.2) is 50.7 Å². The predicted octanol–water partition coefficient (Wildman–Crippen LogP) is 2.87. The van der Waals surface area contributed by atoms with Gasteiger partial charge in [-0.15, -0.1) is 0 Å². The number of para-hydroxylation sites is 1. The first-order chi connectivity index (χ1) is 12.7. The highest BCUT2D eigenvalue weighted by Gasteiger charge is 2.22. The van der Waals surface area contributed by atoms with E-state index in [0.29, 0.717) is 6.54 Å². The summed E-state index contributed by atoms with van der Waals surface area (Å²) in [5.74, 6) is 3.39. The molecule has 0 atom stereocenters. The van der Waals surface area contributed by atoms with Crippen molar-refractivity contribution in [1.82, 2.24) is 15.5 Å². The van der Waals surface area contributed by atoms with E-state index in [0.717, 1.165) is 48.8 Å². The van der Waals surface area contributed by atoms with Crippen LogP contribution in [-0.2, 0) is 6.54 Å². The molecule has 3 rings (SSSR count). The first-order valence-electron chi connectivity index (χ1n) is 10.2. The minimum atomic E-state index is 0.642. The predicted molar refractivity (Wildman–Crippen MR) is 108 cm³/mol. The largest absolute Gasteiger partial charge is 0.493 e. The highest BCUT2D eigenvalue weighted by atomic mass is 16.5. The van der Waals surface area contributed by atoms with Gasteiger partial charge in [-0.1, -0.05) is 18.2 Å². The molecule has 1 aliphatic heterocycles. The number of piperidine rings is 1. The molecule has 1 aliphatic carbocycles. The van der Waals surface area contributed by atoms with Crippen LogP contribution < -0.4 is 15.4 Å². The number of nitrogens with zero attached hydrogens (tertiary/aromatic N) is 2. The van der Waals surface area contributed by atoms with E-state index in [4.69, 9.17) is 9.73 Å². The molecular formula is C21H34N4O. The van der Waals surface area contributed by atoms with Crippen molar-refractivity contribution in [3.8, 4) is 5.75 Å². The van der Waals surface area contributed by atoms with Crippen LogP contribution in [0, 0.1) is 11.8 Å². The fourth-order valence-electron chi connectivity index (χ4n) is 3.28. The summed E-state index contributed by atoms with van der Waals surface area (Å²) < 4.78 is 6.00. The topological polar surface area (TPSA) is 48.9 Å². The van der Waals surface area contributed by atoms with Gasteiger partial charge in [0.2, 0.25) is 0 Å². The molecule has 1 aromatic rings. The summed E-state index contributed by atoms with van der Waals surface area (Å²) >= 11 is 0. The molecule has 144 valence electrons. The van der Waals surface area contributed by atoms with Gasteiger partial charge in [-0.3, -0.25) is 0 Å². The fourth-order valence-corrected chi connectivity index (χ4v) is 3.28. The van der Waals surface area contributed by atoms with Gasteiger partial charge in [0.05, 0.1) is 13.2 Å². The van der Waals surface area contributed by atoms with E-state index in [1.807, 2.05) is 6.07 Å². The van der Waals surface area contributed by atoms with Crippen LogP contribution in [0.5, 0.6) is 5.75 Å². The van der Waals surface area contributed by atoms with Crippen LogP contribution in [0.3, 0.4) is 0 Å². The standard InChI is InChI=1S/C21H34N4O/c1-3-22-21(23-14-17-10-12-25(2)13-11-17)24-15-19-6-4-5-7-20(19)26-16-18-8-9-18/h4-7,17-18H,3,8-16H2,1-2H3,(H2,22,23,24). The third-order valence-electron chi connectivity index (χ3n) is 5.29. The SMILES string of the molecule is CCNC(=NCc1ccccc1OCC1CC1)NCC1CCN(C)CC1. The van der Waals surface area contributed by atoms with E-state index in [-0.39, 0.29) is 0 Å². The van der Waals surface area contributed by atoms with Crippen molar-refractivity contribution in [2.45, 2.75) is 39.2 Å². The van der Waals surface area contributed by atoms with Crippen molar-refractivity contribution in [3.05, 3.63) is 29.8 Å². The first-order valence-corrected chi connectivity index (χ1v) is 10.2. The van der Waals surface area contributed by atoms with Crippen molar-refractivity contribution >= 4 is 5.96 Å². The third-order valence-corrected chi connectivity index (χ3v) is 5.29. The average molecular weight is 359 g/mol. The molecule has 0 bridgehead atoms. The molecule has 2 fully saturated rings. The molecule has 0 aromatic heterocycles. The van der Waals surface area contributed by atoms with Gasteiger partial charge in [0.1, 0.15) is 5.75 Å². The molecule has 1 heterocycles. The summed E-state index contributed by atoms with van der Waals surface area (Å²) in [5.41, 5.74) is 1.16. The van der Waals surface area contributed by atoms with Gasteiger partial charge in [0.15, 0.2) is 5.96 Å². The lowest BCUT2D eigenvalue weighted by Crippen LogP contribution is -2.42. The highest BCUT2D eigenvalue weighted by molar-refractivity contribution is 5.79. The molecule has 1 saturated heterocycles. The van der Waals surface area contributed by atoms with Crippen LogP contribution in [0.25, 0.3) is 0 Å². The van der Waals surface area contributed by atoms with Gasteiger partial charge in [0.25, 0.3) is 0 Å². The summed E-state index contributed by atoms with van der Waals surface area (Å²) in [6, 6.07) is 8.28. The maximum atomic E-state index is 6.00. The Bertz CT molecular complexity index is 577. The number of hydrogen-bond acceptors (Lipinski definition) is 3. The Morgan fingerprint density at radius 2 is 1.88 bits per heavy atom. The van der Waals surface area contributed by atoms with E-state index in [2.05, 4.69) is 47.7 Å². The van der Waals surface area contributed by atoms with E-state index < -0.39 is 0 Å². The number of likely N-dealkylation sites (tertiary alicyclic amines) is 1. The number of benzene rings is 1. The Hall–Kier alpha value is -1.75. The van der Waals surface area contributed by atoms with E-state index in [1.165, 1.54) is 38.8 Å². The second-order valence-electron chi connectivity index (χ2n) is 7.68. The van der Waals surface area contributed by atoms with Gasteiger partial charge in [-0.05, 0) is 70.6 Å². The molecule has 0 amide bonds. The summed E-state index contributed by atoms with van der Waals surface area (Å²) in [7, 11) is 2.21. The molecule has 2 aliphatic rings. The zero-order valence-corrected chi connectivity index (χ0v) is 16.3. The van der Waals surface area contributed by atoms with Gasteiger partial charge in [0, 0.05) is 18.7 Å². The smallest absolute Gasteiger partial charge is 0.191 e. The lowest BCUT2D eigenvalue weighted by molar-refractivity contribution is 0.220. The Morgan fingerprint density at radius 1 is 1.12 bits per heavy atom. The number of hydrogen-bond donors (Lipinski definition) is 2. The van der Waals surface area contributed by atoms with Crippen LogP contribution in [0.15, 0.2) is 29.3 Å². The van der Waals surface area contributed by atoms with E-state index in [9.17, 15) is 0 Å².